The Labute approximate surface area is 105 Å². The lowest BCUT2D eigenvalue weighted by atomic mass is 10.2. The summed E-state index contributed by atoms with van der Waals surface area (Å²) in [5.41, 5.74) is 6.36. The van der Waals surface area contributed by atoms with E-state index in [4.69, 9.17) is 10.9 Å². The lowest BCUT2D eigenvalue weighted by Crippen LogP contribution is -2.22. The second-order valence-electron chi connectivity index (χ2n) is 4.15. The van der Waals surface area contributed by atoms with E-state index in [0.29, 0.717) is 18.7 Å². The number of rotatable bonds is 3. The minimum absolute atomic E-state index is 0.0124. The number of primary sulfonamides is 1. The lowest BCUT2D eigenvalue weighted by Gasteiger charge is -2.13. The van der Waals surface area contributed by atoms with Gasteiger partial charge in [-0.2, -0.15) is 0 Å². The number of carbonyl (C=O) groups is 1. The Hall–Kier alpha value is -1.80. The van der Waals surface area contributed by atoms with Crippen molar-refractivity contribution in [1.29, 1.82) is 0 Å². The Balaban J connectivity index is 2.17. The van der Waals surface area contributed by atoms with Crippen molar-refractivity contribution < 1.29 is 13.2 Å². The van der Waals surface area contributed by atoms with Gasteiger partial charge in [0.15, 0.2) is 0 Å². The number of nitrogens with one attached hydrogen (secondary N) is 2. The van der Waals surface area contributed by atoms with Crippen molar-refractivity contribution in [3.05, 3.63) is 18.2 Å². The van der Waals surface area contributed by atoms with Gasteiger partial charge in [-0.1, -0.05) is 0 Å². The van der Waals surface area contributed by atoms with Crippen LogP contribution in [0.4, 0.5) is 11.4 Å². The van der Waals surface area contributed by atoms with Crippen molar-refractivity contribution in [3.63, 3.8) is 0 Å². The molecule has 8 heteroatoms. The van der Waals surface area contributed by atoms with E-state index in [-0.39, 0.29) is 22.5 Å². The van der Waals surface area contributed by atoms with Gasteiger partial charge >= 0.3 is 0 Å². The maximum atomic E-state index is 11.2. The zero-order valence-electron chi connectivity index (χ0n) is 9.51. The van der Waals surface area contributed by atoms with Gasteiger partial charge in [0, 0.05) is 18.7 Å². The fourth-order valence-electron chi connectivity index (χ4n) is 1.84. The molecule has 0 saturated carbocycles. The van der Waals surface area contributed by atoms with Crippen LogP contribution in [0, 0.1) is 0 Å². The second kappa shape index (κ2) is 4.46. The van der Waals surface area contributed by atoms with Gasteiger partial charge in [-0.3, -0.25) is 4.79 Å². The first-order valence-corrected chi connectivity index (χ1v) is 6.86. The van der Waals surface area contributed by atoms with Crippen LogP contribution < -0.4 is 21.5 Å². The van der Waals surface area contributed by atoms with E-state index in [2.05, 4.69) is 10.6 Å². The molecule has 6 N–H and O–H groups in total. The van der Waals surface area contributed by atoms with Crippen LogP contribution in [0.3, 0.4) is 0 Å². The zero-order valence-corrected chi connectivity index (χ0v) is 10.3. The first kappa shape index (κ1) is 12.7. The van der Waals surface area contributed by atoms with Crippen LogP contribution in [0.25, 0.3) is 0 Å². The first-order chi connectivity index (χ1) is 8.36. The lowest BCUT2D eigenvalue weighted by molar-refractivity contribution is -0.119. The molecular weight excluding hydrogens is 256 g/mol. The fraction of sp³-hybridized carbons (Fsp3) is 0.300. The normalized spacial score (nSPS) is 19.6. The number of hydrogen-bond donors (Lipinski definition) is 4. The third kappa shape index (κ3) is 2.71. The molecule has 1 atom stereocenters. The molecule has 1 saturated heterocycles. The summed E-state index contributed by atoms with van der Waals surface area (Å²) in [6, 6.07) is 4.38. The minimum atomic E-state index is -3.81. The molecule has 1 amide bonds. The third-order valence-corrected chi connectivity index (χ3v) is 3.65. The molecule has 0 bridgehead atoms. The van der Waals surface area contributed by atoms with Crippen LogP contribution >= 0.6 is 0 Å². The molecule has 1 heterocycles. The largest absolute Gasteiger partial charge is 0.398 e. The topological polar surface area (TPSA) is 127 Å². The number of carbonyl (C=O) groups excluding carboxylic acids is 1. The number of hydrogen-bond acceptors (Lipinski definition) is 5. The maximum Gasteiger partial charge on any atom is 0.240 e. The Morgan fingerprint density at radius 3 is 2.61 bits per heavy atom. The number of sulfonamides is 1. The van der Waals surface area contributed by atoms with Crippen molar-refractivity contribution in [3.8, 4) is 0 Å². The van der Waals surface area contributed by atoms with Crippen LogP contribution in [-0.2, 0) is 14.8 Å². The summed E-state index contributed by atoms with van der Waals surface area (Å²) >= 11 is 0. The van der Waals surface area contributed by atoms with Crippen LogP contribution in [0.2, 0.25) is 0 Å². The van der Waals surface area contributed by atoms with Gasteiger partial charge in [0.05, 0.1) is 11.7 Å². The molecular formula is C10H14N4O3S. The number of nitrogen functional groups attached to an aromatic ring is 1. The second-order valence-corrected chi connectivity index (χ2v) is 5.68. The highest BCUT2D eigenvalue weighted by Gasteiger charge is 2.21. The van der Waals surface area contributed by atoms with Crippen molar-refractivity contribution in [2.75, 3.05) is 17.6 Å². The van der Waals surface area contributed by atoms with Crippen molar-refractivity contribution >= 4 is 27.3 Å². The van der Waals surface area contributed by atoms with Gasteiger partial charge in [0.2, 0.25) is 15.9 Å². The maximum absolute atomic E-state index is 11.2. The summed E-state index contributed by atoms with van der Waals surface area (Å²) < 4.78 is 22.4. The van der Waals surface area contributed by atoms with E-state index in [1.807, 2.05) is 0 Å². The number of benzene rings is 1. The molecule has 1 aliphatic heterocycles. The highest BCUT2D eigenvalue weighted by Crippen LogP contribution is 2.22. The van der Waals surface area contributed by atoms with E-state index in [1.165, 1.54) is 12.1 Å². The molecule has 0 spiro atoms. The molecule has 1 fully saturated rings. The van der Waals surface area contributed by atoms with E-state index in [9.17, 15) is 13.2 Å². The van der Waals surface area contributed by atoms with Gasteiger partial charge in [0.25, 0.3) is 0 Å². The minimum Gasteiger partial charge on any atom is -0.398 e. The summed E-state index contributed by atoms with van der Waals surface area (Å²) in [5.74, 6) is -0.0124. The van der Waals surface area contributed by atoms with Gasteiger partial charge in [-0.25, -0.2) is 13.6 Å². The molecule has 1 unspecified atom stereocenters. The molecule has 1 aromatic rings. The van der Waals surface area contributed by atoms with Crippen molar-refractivity contribution in [2.45, 2.75) is 17.4 Å². The number of nitrogens with two attached hydrogens (primary N) is 2. The molecule has 0 aromatic heterocycles. The van der Waals surface area contributed by atoms with Crippen molar-refractivity contribution in [1.82, 2.24) is 5.32 Å². The summed E-state index contributed by atoms with van der Waals surface area (Å²) in [4.78, 5) is 10.9. The highest BCUT2D eigenvalue weighted by molar-refractivity contribution is 7.89. The average Bonchev–Trinajstić information content (AvgIpc) is 2.62. The predicted molar refractivity (Wildman–Crippen MR) is 67.3 cm³/mol. The van der Waals surface area contributed by atoms with Gasteiger partial charge in [0.1, 0.15) is 4.90 Å². The smallest absolute Gasteiger partial charge is 0.240 e. The summed E-state index contributed by atoms with van der Waals surface area (Å²) in [5, 5.41) is 10.8. The summed E-state index contributed by atoms with van der Waals surface area (Å²) in [6.07, 6.45) is 0.386. The van der Waals surface area contributed by atoms with E-state index in [1.54, 1.807) is 6.07 Å². The Kier molecular flexibility index (Phi) is 3.14. The Morgan fingerprint density at radius 2 is 2.11 bits per heavy atom. The van der Waals surface area contributed by atoms with E-state index < -0.39 is 10.0 Å². The summed E-state index contributed by atoms with van der Waals surface area (Å²) in [7, 11) is -3.81. The third-order valence-electron chi connectivity index (χ3n) is 2.66. The van der Waals surface area contributed by atoms with Gasteiger partial charge in [-0.05, 0) is 18.2 Å². The fourth-order valence-corrected chi connectivity index (χ4v) is 2.49. The van der Waals surface area contributed by atoms with Gasteiger partial charge in [-0.15, -0.1) is 0 Å². The molecule has 1 aliphatic rings. The standard InChI is InChI=1S/C10H14N4O3S/c11-8-3-6(1-2-9(8)18(12,16)17)14-7-4-10(15)13-5-7/h1-3,7,14H,4-5,11H2,(H,13,15)(H2,12,16,17). The molecule has 0 radical (unpaired) electrons. The zero-order chi connectivity index (χ0) is 13.3. The Morgan fingerprint density at radius 1 is 1.39 bits per heavy atom. The number of amides is 1. The van der Waals surface area contributed by atoms with E-state index >= 15 is 0 Å². The number of anilines is 2. The molecule has 18 heavy (non-hydrogen) atoms. The quantitative estimate of drug-likeness (QED) is 0.536. The molecule has 1 aromatic carbocycles. The van der Waals surface area contributed by atoms with Crippen LogP contribution in [0.15, 0.2) is 23.1 Å². The average molecular weight is 270 g/mol. The molecule has 0 aliphatic carbocycles. The SMILES string of the molecule is Nc1cc(NC2CNC(=O)C2)ccc1S(N)(=O)=O. The molecule has 2 rings (SSSR count). The van der Waals surface area contributed by atoms with Gasteiger partial charge < -0.3 is 16.4 Å². The van der Waals surface area contributed by atoms with Crippen LogP contribution in [0.1, 0.15) is 6.42 Å². The van der Waals surface area contributed by atoms with Crippen LogP contribution in [-0.4, -0.2) is 26.9 Å². The van der Waals surface area contributed by atoms with Crippen LogP contribution in [0.5, 0.6) is 0 Å². The van der Waals surface area contributed by atoms with E-state index in [0.717, 1.165) is 0 Å². The molecule has 98 valence electrons. The predicted octanol–water partition coefficient (Wildman–Crippen LogP) is -0.783. The molecule has 7 nitrogen and oxygen atoms in total. The Bertz CT molecular complexity index is 585. The summed E-state index contributed by atoms with van der Waals surface area (Å²) in [6.45, 7) is 0.537. The monoisotopic (exact) mass is 270 g/mol. The van der Waals surface area contributed by atoms with Crippen molar-refractivity contribution in [2.24, 2.45) is 5.14 Å². The highest BCUT2D eigenvalue weighted by atomic mass is 32.2. The first-order valence-electron chi connectivity index (χ1n) is 5.32.